The summed E-state index contributed by atoms with van der Waals surface area (Å²) in [7, 11) is 0. The summed E-state index contributed by atoms with van der Waals surface area (Å²) in [4.78, 5) is 11.2. The van der Waals surface area contributed by atoms with Crippen molar-refractivity contribution in [1.29, 1.82) is 0 Å². The second-order valence-electron chi connectivity index (χ2n) is 2.80. The lowest BCUT2D eigenvalue weighted by molar-refractivity contribution is -0.384. The van der Waals surface area contributed by atoms with Gasteiger partial charge < -0.3 is 0 Å². The number of hydrogen-bond donors (Lipinski definition) is 0. The molecule has 0 aliphatic rings. The summed E-state index contributed by atoms with van der Waals surface area (Å²) in [6.07, 6.45) is 0. The van der Waals surface area contributed by atoms with Crippen molar-refractivity contribution in [1.82, 2.24) is 0 Å². The maximum atomic E-state index is 10.5. The van der Waals surface area contributed by atoms with Gasteiger partial charge in [0.15, 0.2) is 0 Å². The minimum Gasteiger partial charge on any atom is -0.258 e. The Morgan fingerprint density at radius 3 is 2.60 bits per heavy atom. The molecule has 0 spiro atoms. The molecule has 5 heteroatoms. The van der Waals surface area contributed by atoms with E-state index < -0.39 is 0 Å². The molecule has 0 N–H and O–H groups in total. The number of rotatable bonds is 3. The van der Waals surface area contributed by atoms with Crippen LogP contribution in [0.25, 0.3) is 0 Å². The molecule has 0 radical (unpaired) electrons. The number of thiophene rings is 1. The van der Waals surface area contributed by atoms with E-state index in [0.717, 1.165) is 9.10 Å². The molecule has 0 fully saturated rings. The van der Waals surface area contributed by atoms with E-state index in [1.54, 1.807) is 11.4 Å². The van der Waals surface area contributed by atoms with Crippen molar-refractivity contribution in [2.75, 3.05) is 0 Å². The van der Waals surface area contributed by atoms with Crippen LogP contribution in [0.15, 0.2) is 50.9 Å². The molecule has 0 atom stereocenters. The minimum absolute atomic E-state index is 0.165. The first-order chi connectivity index (χ1) is 7.25. The molecule has 2 rings (SSSR count). The van der Waals surface area contributed by atoms with Crippen molar-refractivity contribution < 1.29 is 4.92 Å². The van der Waals surface area contributed by atoms with Crippen molar-refractivity contribution in [3.63, 3.8) is 0 Å². The Hall–Kier alpha value is -1.33. The number of nitro groups is 1. The van der Waals surface area contributed by atoms with Gasteiger partial charge in [-0.25, -0.2) is 0 Å². The fourth-order valence-electron chi connectivity index (χ4n) is 1.06. The van der Waals surface area contributed by atoms with E-state index in [-0.39, 0.29) is 10.6 Å². The normalized spacial score (nSPS) is 10.1. The minimum atomic E-state index is -0.369. The Labute approximate surface area is 94.9 Å². The van der Waals surface area contributed by atoms with E-state index in [0.29, 0.717) is 0 Å². The predicted octanol–water partition coefficient (Wildman–Crippen LogP) is 3.81. The van der Waals surface area contributed by atoms with Gasteiger partial charge in [0.1, 0.15) is 0 Å². The number of benzene rings is 1. The third-order valence-corrected chi connectivity index (χ3v) is 3.81. The third-order valence-electron chi connectivity index (χ3n) is 1.73. The molecule has 0 aliphatic carbocycles. The topological polar surface area (TPSA) is 43.1 Å². The standard InChI is InChI=1S/C10H7NO2S2/c12-11(13)8-6-10(14-7-8)15-9-4-2-1-3-5-9/h1-7H. The van der Waals surface area contributed by atoms with Crippen molar-refractivity contribution >= 4 is 28.8 Å². The van der Waals surface area contributed by atoms with Crippen LogP contribution in [0.4, 0.5) is 5.69 Å². The largest absolute Gasteiger partial charge is 0.281 e. The van der Waals surface area contributed by atoms with Crippen molar-refractivity contribution in [2.45, 2.75) is 9.10 Å². The first-order valence-electron chi connectivity index (χ1n) is 4.21. The second-order valence-corrected chi connectivity index (χ2v) is 5.08. The molecule has 0 saturated heterocycles. The SMILES string of the molecule is O=[N+]([O-])c1csc(Sc2ccccc2)c1. The quantitative estimate of drug-likeness (QED) is 0.602. The molecule has 1 aromatic carbocycles. The molecule has 0 unspecified atom stereocenters. The molecule has 1 heterocycles. The summed E-state index contributed by atoms with van der Waals surface area (Å²) >= 11 is 2.93. The maximum Gasteiger partial charge on any atom is 0.281 e. The Kier molecular flexibility index (Phi) is 3.03. The van der Waals surface area contributed by atoms with Gasteiger partial charge >= 0.3 is 0 Å². The Morgan fingerprint density at radius 2 is 2.00 bits per heavy atom. The van der Waals surface area contributed by atoms with E-state index in [4.69, 9.17) is 0 Å². The molecule has 76 valence electrons. The summed E-state index contributed by atoms with van der Waals surface area (Å²) in [5.41, 5.74) is 0.165. The Balaban J connectivity index is 2.15. The lowest BCUT2D eigenvalue weighted by atomic mass is 10.4. The summed E-state index contributed by atoms with van der Waals surface area (Å²) < 4.78 is 0.938. The lowest BCUT2D eigenvalue weighted by Crippen LogP contribution is -1.82. The zero-order valence-electron chi connectivity index (χ0n) is 7.62. The van der Waals surface area contributed by atoms with Gasteiger partial charge in [0.2, 0.25) is 0 Å². The number of nitrogens with zero attached hydrogens (tertiary/aromatic N) is 1. The smallest absolute Gasteiger partial charge is 0.258 e. The fourth-order valence-corrected chi connectivity index (χ4v) is 2.97. The van der Waals surface area contributed by atoms with Gasteiger partial charge in [-0.05, 0) is 12.1 Å². The third kappa shape index (κ3) is 2.57. The first-order valence-corrected chi connectivity index (χ1v) is 5.91. The Bertz CT molecular complexity index is 467. The highest BCUT2D eigenvalue weighted by atomic mass is 32.2. The molecule has 0 bridgehead atoms. The average molecular weight is 237 g/mol. The zero-order chi connectivity index (χ0) is 10.7. The summed E-state index contributed by atoms with van der Waals surface area (Å²) in [5, 5.41) is 12.0. The van der Waals surface area contributed by atoms with Crippen molar-refractivity contribution in [3.05, 3.63) is 51.9 Å². The molecule has 0 aliphatic heterocycles. The van der Waals surface area contributed by atoms with E-state index in [9.17, 15) is 10.1 Å². The van der Waals surface area contributed by atoms with Crippen LogP contribution in [0.5, 0.6) is 0 Å². The molecule has 15 heavy (non-hydrogen) atoms. The van der Waals surface area contributed by atoms with E-state index in [2.05, 4.69) is 0 Å². The van der Waals surface area contributed by atoms with Crippen LogP contribution < -0.4 is 0 Å². The molecule has 1 aromatic heterocycles. The van der Waals surface area contributed by atoms with Gasteiger partial charge in [-0.2, -0.15) is 0 Å². The highest BCUT2D eigenvalue weighted by molar-refractivity contribution is 8.01. The van der Waals surface area contributed by atoms with Gasteiger partial charge in [0, 0.05) is 11.0 Å². The zero-order valence-corrected chi connectivity index (χ0v) is 9.25. The van der Waals surface area contributed by atoms with Crippen LogP contribution in [0.3, 0.4) is 0 Å². The maximum absolute atomic E-state index is 10.5. The molecule has 3 nitrogen and oxygen atoms in total. The summed E-state index contributed by atoms with van der Waals surface area (Å²) in [5.74, 6) is 0. The van der Waals surface area contributed by atoms with Gasteiger partial charge in [-0.1, -0.05) is 30.0 Å². The van der Waals surface area contributed by atoms with Crippen LogP contribution in [0.2, 0.25) is 0 Å². The van der Waals surface area contributed by atoms with Crippen molar-refractivity contribution in [3.8, 4) is 0 Å². The van der Waals surface area contributed by atoms with Crippen LogP contribution in [-0.2, 0) is 0 Å². The van der Waals surface area contributed by atoms with Gasteiger partial charge in [0.05, 0.1) is 14.5 Å². The summed E-state index contributed by atoms with van der Waals surface area (Å²) in [6.45, 7) is 0. The Morgan fingerprint density at radius 1 is 1.27 bits per heavy atom. The van der Waals surface area contributed by atoms with E-state index in [1.807, 2.05) is 30.3 Å². The lowest BCUT2D eigenvalue weighted by Gasteiger charge is -1.95. The van der Waals surface area contributed by atoms with E-state index in [1.165, 1.54) is 23.1 Å². The fraction of sp³-hybridized carbons (Fsp3) is 0. The van der Waals surface area contributed by atoms with Crippen molar-refractivity contribution in [2.24, 2.45) is 0 Å². The van der Waals surface area contributed by atoms with Crippen LogP contribution >= 0.6 is 23.1 Å². The molecule has 2 aromatic rings. The van der Waals surface area contributed by atoms with Crippen LogP contribution in [0.1, 0.15) is 0 Å². The molecule has 0 saturated carbocycles. The van der Waals surface area contributed by atoms with Gasteiger partial charge in [0.25, 0.3) is 5.69 Å². The van der Waals surface area contributed by atoms with E-state index >= 15 is 0 Å². The molecule has 0 amide bonds. The average Bonchev–Trinajstić information content (AvgIpc) is 2.68. The molecular formula is C10H7NO2S2. The second kappa shape index (κ2) is 4.46. The highest BCUT2D eigenvalue weighted by Gasteiger charge is 2.09. The van der Waals surface area contributed by atoms with Gasteiger partial charge in [-0.3, -0.25) is 10.1 Å². The molecular weight excluding hydrogens is 230 g/mol. The summed E-state index contributed by atoms with van der Waals surface area (Å²) in [6, 6.07) is 11.4. The van der Waals surface area contributed by atoms with Gasteiger partial charge in [-0.15, -0.1) is 11.3 Å². The first kappa shape index (κ1) is 10.2. The van der Waals surface area contributed by atoms with Crippen LogP contribution in [0, 0.1) is 10.1 Å². The predicted molar refractivity (Wildman–Crippen MR) is 61.5 cm³/mol. The van der Waals surface area contributed by atoms with Crippen LogP contribution in [-0.4, -0.2) is 4.92 Å². The monoisotopic (exact) mass is 237 g/mol. The highest BCUT2D eigenvalue weighted by Crippen LogP contribution is 2.34. The number of hydrogen-bond acceptors (Lipinski definition) is 4.